The lowest BCUT2D eigenvalue weighted by molar-refractivity contribution is 0.00986. The van der Waals surface area contributed by atoms with Crippen LogP contribution in [0.15, 0.2) is 4.99 Å². The first-order chi connectivity index (χ1) is 9.50. The third kappa shape index (κ3) is 4.52. The molecule has 1 fully saturated rings. The Morgan fingerprint density at radius 3 is 2.90 bits per heavy atom. The summed E-state index contributed by atoms with van der Waals surface area (Å²) < 4.78 is 6.09. The third-order valence-electron chi connectivity index (χ3n) is 4.36. The fourth-order valence-electron chi connectivity index (χ4n) is 3.11. The number of hydrogen-bond acceptors (Lipinski definition) is 5. The molecule has 2 rings (SSSR count). The summed E-state index contributed by atoms with van der Waals surface area (Å²) in [4.78, 5) is 4.70. The Hall–Kier alpha value is -0.490. The topological polar surface area (TPSA) is 71.7 Å². The summed E-state index contributed by atoms with van der Waals surface area (Å²) in [6, 6.07) is 1.06. The summed E-state index contributed by atoms with van der Waals surface area (Å²) in [5, 5.41) is 6.76. The Labute approximate surface area is 122 Å². The van der Waals surface area contributed by atoms with Crippen LogP contribution in [0.3, 0.4) is 0 Å². The van der Waals surface area contributed by atoms with Crippen molar-refractivity contribution in [3.05, 3.63) is 0 Å². The van der Waals surface area contributed by atoms with Crippen molar-refractivity contribution >= 4 is 6.21 Å². The van der Waals surface area contributed by atoms with Crippen molar-refractivity contribution in [1.29, 1.82) is 0 Å². The molecule has 0 bridgehead atoms. The largest absolute Gasteiger partial charge is 0.376 e. The minimum atomic E-state index is -0.0672. The van der Waals surface area contributed by atoms with Gasteiger partial charge in [0.05, 0.1) is 18.8 Å². The summed E-state index contributed by atoms with van der Waals surface area (Å²) in [5.74, 6) is 0.669. The van der Waals surface area contributed by atoms with Crippen molar-refractivity contribution in [2.45, 2.75) is 63.8 Å². The Morgan fingerprint density at radius 1 is 1.45 bits per heavy atom. The first kappa shape index (κ1) is 15.9. The van der Waals surface area contributed by atoms with Gasteiger partial charge in [0.15, 0.2) is 0 Å². The Bertz CT molecular complexity index is 332. The van der Waals surface area contributed by atoms with E-state index in [4.69, 9.17) is 15.5 Å². The number of nitrogens with two attached hydrogens (primary N) is 1. The lowest BCUT2D eigenvalue weighted by Gasteiger charge is -2.32. The first-order valence-corrected chi connectivity index (χ1v) is 7.82. The fourth-order valence-corrected chi connectivity index (χ4v) is 3.11. The SMILES string of the molecule is C[C@@H]1C[C@H]([C@@H]2C[C@H](OCC(C)(C)NCN)CC=N2)CN1. The summed E-state index contributed by atoms with van der Waals surface area (Å²) in [5.41, 5.74) is 5.48. The number of rotatable bonds is 6. The molecule has 2 aliphatic rings. The minimum Gasteiger partial charge on any atom is -0.376 e. The Morgan fingerprint density at radius 2 is 2.25 bits per heavy atom. The molecule has 0 unspecified atom stereocenters. The van der Waals surface area contributed by atoms with E-state index in [0.29, 0.717) is 37.4 Å². The highest BCUT2D eigenvalue weighted by Gasteiger charge is 2.32. The summed E-state index contributed by atoms with van der Waals surface area (Å²) >= 11 is 0. The molecule has 0 radical (unpaired) electrons. The molecule has 0 aromatic rings. The molecule has 20 heavy (non-hydrogen) atoms. The highest BCUT2D eigenvalue weighted by atomic mass is 16.5. The van der Waals surface area contributed by atoms with Crippen LogP contribution in [0.2, 0.25) is 0 Å². The Kier molecular flexibility index (Phi) is 5.55. The van der Waals surface area contributed by atoms with E-state index in [1.807, 2.05) is 0 Å². The second kappa shape index (κ2) is 6.98. The standard InChI is InChI=1S/C15H30N4O/c1-11-6-12(8-18-11)14-7-13(4-5-17-14)20-9-15(2,3)19-10-16/h5,11-14,18-19H,4,6-10,16H2,1-3H3/t11-,12+,13-,14+/m1/s1. The third-order valence-corrected chi connectivity index (χ3v) is 4.36. The van der Waals surface area contributed by atoms with Crippen molar-refractivity contribution < 1.29 is 4.74 Å². The molecule has 5 heteroatoms. The van der Waals surface area contributed by atoms with Crippen LogP contribution in [0.1, 0.15) is 40.0 Å². The zero-order chi connectivity index (χ0) is 14.6. The van der Waals surface area contributed by atoms with Gasteiger partial charge in [0.25, 0.3) is 0 Å². The van der Waals surface area contributed by atoms with Gasteiger partial charge in [-0.2, -0.15) is 0 Å². The van der Waals surface area contributed by atoms with Crippen LogP contribution >= 0.6 is 0 Å². The fraction of sp³-hybridized carbons (Fsp3) is 0.933. The smallest absolute Gasteiger partial charge is 0.0647 e. The predicted octanol–water partition coefficient (Wildman–Crippen LogP) is 0.887. The van der Waals surface area contributed by atoms with Crippen molar-refractivity contribution in [3.8, 4) is 0 Å². The van der Waals surface area contributed by atoms with Gasteiger partial charge in [0.1, 0.15) is 0 Å². The minimum absolute atomic E-state index is 0.0672. The van der Waals surface area contributed by atoms with E-state index < -0.39 is 0 Å². The van der Waals surface area contributed by atoms with Gasteiger partial charge >= 0.3 is 0 Å². The molecule has 4 N–H and O–H groups in total. The highest BCUT2D eigenvalue weighted by Crippen LogP contribution is 2.27. The second-order valence-electron chi connectivity index (χ2n) is 6.87. The average molecular weight is 282 g/mol. The van der Waals surface area contributed by atoms with Crippen molar-refractivity contribution in [2.75, 3.05) is 19.8 Å². The number of nitrogens with one attached hydrogen (secondary N) is 2. The number of aliphatic imine (C=N–C) groups is 1. The summed E-state index contributed by atoms with van der Waals surface area (Å²) in [6.07, 6.45) is 5.58. The molecule has 0 aliphatic carbocycles. The lowest BCUT2D eigenvalue weighted by Crippen LogP contribution is -2.47. The predicted molar refractivity (Wildman–Crippen MR) is 83.1 cm³/mol. The quantitative estimate of drug-likeness (QED) is 0.633. The van der Waals surface area contributed by atoms with Crippen molar-refractivity contribution in [1.82, 2.24) is 10.6 Å². The van der Waals surface area contributed by atoms with Gasteiger partial charge in [-0.25, -0.2) is 0 Å². The maximum absolute atomic E-state index is 6.09. The molecule has 2 heterocycles. The second-order valence-corrected chi connectivity index (χ2v) is 6.87. The van der Waals surface area contributed by atoms with Gasteiger partial charge in [0, 0.05) is 37.4 Å². The van der Waals surface area contributed by atoms with E-state index in [0.717, 1.165) is 19.4 Å². The molecule has 1 saturated heterocycles. The normalized spacial score (nSPS) is 34.6. The van der Waals surface area contributed by atoms with Crippen LogP contribution in [0.4, 0.5) is 0 Å². The van der Waals surface area contributed by atoms with Crippen LogP contribution in [0.5, 0.6) is 0 Å². The Balaban J connectivity index is 1.79. The molecule has 4 atom stereocenters. The zero-order valence-electron chi connectivity index (χ0n) is 13.1. The first-order valence-electron chi connectivity index (χ1n) is 7.82. The zero-order valence-corrected chi connectivity index (χ0v) is 13.1. The molecule has 0 amide bonds. The van der Waals surface area contributed by atoms with Gasteiger partial charge in [0.2, 0.25) is 0 Å². The van der Waals surface area contributed by atoms with Gasteiger partial charge in [-0.05, 0) is 39.5 Å². The molecule has 0 aromatic heterocycles. The molecule has 5 nitrogen and oxygen atoms in total. The maximum Gasteiger partial charge on any atom is 0.0647 e. The molecular formula is C15H30N4O. The van der Waals surface area contributed by atoms with Crippen LogP contribution in [-0.4, -0.2) is 49.8 Å². The van der Waals surface area contributed by atoms with Gasteiger partial charge in [-0.15, -0.1) is 0 Å². The molecule has 0 aromatic carbocycles. The van der Waals surface area contributed by atoms with E-state index in [1.165, 1.54) is 6.42 Å². The van der Waals surface area contributed by atoms with Gasteiger partial charge in [-0.3, -0.25) is 10.3 Å². The van der Waals surface area contributed by atoms with Crippen molar-refractivity contribution in [3.63, 3.8) is 0 Å². The molecule has 2 aliphatic heterocycles. The monoisotopic (exact) mass is 282 g/mol. The number of hydrogen-bond donors (Lipinski definition) is 3. The summed E-state index contributed by atoms with van der Waals surface area (Å²) in [6.45, 7) is 8.76. The lowest BCUT2D eigenvalue weighted by atomic mass is 9.90. The molecule has 116 valence electrons. The maximum atomic E-state index is 6.09. The molecule has 0 spiro atoms. The average Bonchev–Trinajstić information content (AvgIpc) is 2.84. The van der Waals surface area contributed by atoms with Crippen LogP contribution in [0.25, 0.3) is 0 Å². The van der Waals surface area contributed by atoms with E-state index in [9.17, 15) is 0 Å². The van der Waals surface area contributed by atoms with E-state index in [1.54, 1.807) is 0 Å². The van der Waals surface area contributed by atoms with Gasteiger partial charge in [-0.1, -0.05) is 0 Å². The number of nitrogens with zero attached hydrogens (tertiary/aromatic N) is 1. The van der Waals surface area contributed by atoms with E-state index >= 15 is 0 Å². The van der Waals surface area contributed by atoms with Crippen LogP contribution in [-0.2, 0) is 4.74 Å². The van der Waals surface area contributed by atoms with E-state index in [-0.39, 0.29) is 5.54 Å². The van der Waals surface area contributed by atoms with Crippen molar-refractivity contribution in [2.24, 2.45) is 16.6 Å². The molecular weight excluding hydrogens is 252 g/mol. The number of ether oxygens (including phenoxy) is 1. The highest BCUT2D eigenvalue weighted by molar-refractivity contribution is 5.59. The van der Waals surface area contributed by atoms with Crippen LogP contribution < -0.4 is 16.4 Å². The molecule has 0 saturated carbocycles. The van der Waals surface area contributed by atoms with Gasteiger partial charge < -0.3 is 15.8 Å². The summed E-state index contributed by atoms with van der Waals surface area (Å²) in [7, 11) is 0. The van der Waals surface area contributed by atoms with E-state index in [2.05, 4.69) is 37.6 Å². The van der Waals surface area contributed by atoms with Crippen LogP contribution in [0, 0.1) is 5.92 Å².